The van der Waals surface area contributed by atoms with Gasteiger partial charge in [0.05, 0.1) is 19.9 Å². The van der Waals surface area contributed by atoms with Gasteiger partial charge in [0.2, 0.25) is 0 Å². The van der Waals surface area contributed by atoms with Crippen LogP contribution in [0.2, 0.25) is 0 Å². The number of pyridine rings is 1. The van der Waals surface area contributed by atoms with Gasteiger partial charge in [-0.3, -0.25) is 4.98 Å². The van der Waals surface area contributed by atoms with E-state index in [-0.39, 0.29) is 0 Å². The number of aromatic nitrogens is 1. The van der Waals surface area contributed by atoms with Gasteiger partial charge in [0, 0.05) is 16.6 Å². The van der Waals surface area contributed by atoms with Gasteiger partial charge in [0.15, 0.2) is 0 Å². The van der Waals surface area contributed by atoms with Crippen LogP contribution in [0.1, 0.15) is 5.69 Å². The van der Waals surface area contributed by atoms with Crippen LogP contribution in [0.4, 0.5) is 0 Å². The van der Waals surface area contributed by atoms with E-state index in [1.165, 1.54) is 0 Å². The molecular formula is C18H17NO2. The van der Waals surface area contributed by atoms with Gasteiger partial charge in [0.1, 0.15) is 11.5 Å². The van der Waals surface area contributed by atoms with E-state index in [4.69, 9.17) is 14.5 Å². The molecule has 3 nitrogen and oxygen atoms in total. The molecule has 0 aliphatic rings. The van der Waals surface area contributed by atoms with Crippen molar-refractivity contribution in [3.63, 3.8) is 0 Å². The van der Waals surface area contributed by atoms with Crippen LogP contribution in [-0.4, -0.2) is 19.2 Å². The van der Waals surface area contributed by atoms with Crippen LogP contribution in [0, 0.1) is 6.92 Å². The summed E-state index contributed by atoms with van der Waals surface area (Å²) in [5.74, 6) is 1.68. The zero-order valence-electron chi connectivity index (χ0n) is 12.4. The van der Waals surface area contributed by atoms with Crippen LogP contribution in [0.15, 0.2) is 48.5 Å². The Labute approximate surface area is 124 Å². The van der Waals surface area contributed by atoms with Crippen LogP contribution >= 0.6 is 0 Å². The lowest BCUT2D eigenvalue weighted by atomic mass is 10.0. The van der Waals surface area contributed by atoms with E-state index in [1.807, 2.05) is 43.3 Å². The molecule has 0 fully saturated rings. The maximum atomic E-state index is 5.28. The summed E-state index contributed by atoms with van der Waals surface area (Å²) >= 11 is 0. The van der Waals surface area contributed by atoms with Gasteiger partial charge in [-0.2, -0.15) is 0 Å². The topological polar surface area (TPSA) is 31.4 Å². The number of fused-ring (bicyclic) bond motifs is 1. The van der Waals surface area contributed by atoms with Crippen molar-refractivity contribution in [2.75, 3.05) is 14.2 Å². The maximum absolute atomic E-state index is 5.28. The quantitative estimate of drug-likeness (QED) is 0.719. The molecule has 0 aliphatic heterocycles. The lowest BCUT2D eigenvalue weighted by molar-refractivity contribution is 0.415. The van der Waals surface area contributed by atoms with Crippen LogP contribution in [0.3, 0.4) is 0 Å². The molecule has 0 saturated heterocycles. The van der Waals surface area contributed by atoms with E-state index in [1.54, 1.807) is 14.2 Å². The maximum Gasteiger partial charge on any atom is 0.119 e. The molecule has 1 heterocycles. The highest BCUT2D eigenvalue weighted by Crippen LogP contribution is 2.28. The highest BCUT2D eigenvalue weighted by Gasteiger charge is 2.07. The summed E-state index contributed by atoms with van der Waals surface area (Å²) in [6.45, 7) is 2.02. The predicted molar refractivity (Wildman–Crippen MR) is 85.0 cm³/mol. The van der Waals surface area contributed by atoms with Crippen molar-refractivity contribution in [2.45, 2.75) is 6.92 Å². The number of hydrogen-bond acceptors (Lipinski definition) is 3. The third-order valence-electron chi connectivity index (χ3n) is 3.60. The molecule has 0 atom stereocenters. The summed E-state index contributed by atoms with van der Waals surface area (Å²) in [6, 6.07) is 16.1. The number of hydrogen-bond donors (Lipinski definition) is 0. The fourth-order valence-electron chi connectivity index (χ4n) is 2.45. The number of methoxy groups -OCH3 is 2. The molecule has 106 valence electrons. The molecule has 0 unspecified atom stereocenters. The summed E-state index contributed by atoms with van der Waals surface area (Å²) in [5, 5.41) is 2.27. The van der Waals surface area contributed by atoms with Crippen molar-refractivity contribution in [1.82, 2.24) is 4.98 Å². The number of benzene rings is 2. The normalized spacial score (nSPS) is 10.6. The van der Waals surface area contributed by atoms with E-state index < -0.39 is 0 Å². The highest BCUT2D eigenvalue weighted by atomic mass is 16.5. The Kier molecular flexibility index (Phi) is 3.48. The van der Waals surface area contributed by atoms with E-state index >= 15 is 0 Å². The standard InChI is InChI=1S/C18H17NO2/c1-12-17-11-16(21-3)8-7-13(17)10-18(19-12)14-5-4-6-15(9-14)20-2/h4-11H,1-3H3. The Morgan fingerprint density at radius 2 is 1.62 bits per heavy atom. The molecule has 0 spiro atoms. The van der Waals surface area contributed by atoms with Gasteiger partial charge in [-0.05, 0) is 42.6 Å². The third-order valence-corrected chi connectivity index (χ3v) is 3.60. The molecule has 0 aliphatic carbocycles. The molecule has 21 heavy (non-hydrogen) atoms. The van der Waals surface area contributed by atoms with Gasteiger partial charge < -0.3 is 9.47 Å². The summed E-state index contributed by atoms with van der Waals surface area (Å²) in [5.41, 5.74) is 2.99. The molecule has 3 heteroatoms. The number of nitrogens with zero attached hydrogens (tertiary/aromatic N) is 1. The fourth-order valence-corrected chi connectivity index (χ4v) is 2.45. The number of ether oxygens (including phenoxy) is 2. The second kappa shape index (κ2) is 5.44. The first-order valence-electron chi connectivity index (χ1n) is 6.81. The minimum atomic E-state index is 0.835. The average molecular weight is 279 g/mol. The van der Waals surface area contributed by atoms with Crippen LogP contribution in [0.5, 0.6) is 11.5 Å². The molecule has 3 aromatic rings. The van der Waals surface area contributed by atoms with Crippen molar-refractivity contribution >= 4 is 10.8 Å². The Morgan fingerprint density at radius 3 is 2.38 bits per heavy atom. The van der Waals surface area contributed by atoms with Gasteiger partial charge in [-0.15, -0.1) is 0 Å². The zero-order valence-corrected chi connectivity index (χ0v) is 12.4. The molecule has 2 aromatic carbocycles. The predicted octanol–water partition coefficient (Wildman–Crippen LogP) is 4.23. The summed E-state index contributed by atoms with van der Waals surface area (Å²) in [6.07, 6.45) is 0. The Morgan fingerprint density at radius 1 is 0.857 bits per heavy atom. The minimum Gasteiger partial charge on any atom is -0.497 e. The third kappa shape index (κ3) is 2.55. The van der Waals surface area contributed by atoms with E-state index in [0.717, 1.165) is 39.2 Å². The second-order valence-corrected chi connectivity index (χ2v) is 4.91. The smallest absolute Gasteiger partial charge is 0.119 e. The Hall–Kier alpha value is -2.55. The SMILES string of the molecule is COc1cccc(-c2cc3ccc(OC)cc3c(C)n2)c1. The largest absolute Gasteiger partial charge is 0.497 e. The van der Waals surface area contributed by atoms with Crippen LogP contribution in [0.25, 0.3) is 22.0 Å². The summed E-state index contributed by atoms with van der Waals surface area (Å²) < 4.78 is 10.6. The number of rotatable bonds is 3. The monoisotopic (exact) mass is 279 g/mol. The van der Waals surface area contributed by atoms with Crippen molar-refractivity contribution in [1.29, 1.82) is 0 Å². The lowest BCUT2D eigenvalue weighted by Crippen LogP contribution is -1.91. The molecule has 3 rings (SSSR count). The minimum absolute atomic E-state index is 0.835. The molecule has 1 aromatic heterocycles. The molecule has 0 bridgehead atoms. The molecule has 0 radical (unpaired) electrons. The van der Waals surface area contributed by atoms with Gasteiger partial charge in [0.25, 0.3) is 0 Å². The Bertz CT molecular complexity index is 796. The lowest BCUT2D eigenvalue weighted by Gasteiger charge is -2.09. The molecular weight excluding hydrogens is 262 g/mol. The van der Waals surface area contributed by atoms with Crippen molar-refractivity contribution in [2.24, 2.45) is 0 Å². The number of aryl methyl sites for hydroxylation is 1. The summed E-state index contributed by atoms with van der Waals surface area (Å²) in [4.78, 5) is 4.71. The Balaban J connectivity index is 2.16. The van der Waals surface area contributed by atoms with Crippen LogP contribution < -0.4 is 9.47 Å². The molecule has 0 N–H and O–H groups in total. The van der Waals surface area contributed by atoms with Gasteiger partial charge in [-0.25, -0.2) is 0 Å². The molecule has 0 saturated carbocycles. The van der Waals surface area contributed by atoms with Crippen molar-refractivity contribution in [3.05, 3.63) is 54.2 Å². The van der Waals surface area contributed by atoms with E-state index in [9.17, 15) is 0 Å². The van der Waals surface area contributed by atoms with Gasteiger partial charge in [-0.1, -0.05) is 18.2 Å². The first-order chi connectivity index (χ1) is 10.2. The summed E-state index contributed by atoms with van der Waals surface area (Å²) in [7, 11) is 3.35. The average Bonchev–Trinajstić information content (AvgIpc) is 2.54. The van der Waals surface area contributed by atoms with Crippen LogP contribution in [-0.2, 0) is 0 Å². The second-order valence-electron chi connectivity index (χ2n) is 4.91. The van der Waals surface area contributed by atoms with E-state index in [2.05, 4.69) is 12.1 Å². The van der Waals surface area contributed by atoms with Crippen molar-refractivity contribution in [3.8, 4) is 22.8 Å². The van der Waals surface area contributed by atoms with Gasteiger partial charge >= 0.3 is 0 Å². The fraction of sp³-hybridized carbons (Fsp3) is 0.167. The zero-order chi connectivity index (χ0) is 14.8. The molecule has 0 amide bonds. The van der Waals surface area contributed by atoms with E-state index in [0.29, 0.717) is 0 Å². The van der Waals surface area contributed by atoms with Crippen molar-refractivity contribution < 1.29 is 9.47 Å². The highest BCUT2D eigenvalue weighted by molar-refractivity contribution is 5.89. The first-order valence-corrected chi connectivity index (χ1v) is 6.81. The first kappa shape index (κ1) is 13.4.